The Morgan fingerprint density at radius 2 is 1.95 bits per heavy atom. The molecule has 0 radical (unpaired) electrons. The number of benzene rings is 1. The van der Waals surface area contributed by atoms with E-state index in [0.717, 1.165) is 30.3 Å². The monoisotopic (exact) mass is 271 g/mol. The molecule has 1 N–H and O–H groups in total. The van der Waals surface area contributed by atoms with Gasteiger partial charge in [-0.3, -0.25) is 0 Å². The SMILES string of the molecule is CNC(c1ccc2c(c1)CCO2)c1c(C)oc(C)c1C. The zero-order chi connectivity index (χ0) is 14.3. The minimum absolute atomic E-state index is 0.165. The van der Waals surface area contributed by atoms with Gasteiger partial charge in [0.15, 0.2) is 0 Å². The maximum absolute atomic E-state index is 5.78. The average Bonchev–Trinajstić information content (AvgIpc) is 2.99. The number of fused-ring (bicyclic) bond motifs is 1. The van der Waals surface area contributed by atoms with Crippen molar-refractivity contribution in [1.82, 2.24) is 5.32 Å². The van der Waals surface area contributed by atoms with Crippen LogP contribution >= 0.6 is 0 Å². The molecule has 20 heavy (non-hydrogen) atoms. The van der Waals surface area contributed by atoms with E-state index in [2.05, 4.69) is 30.4 Å². The van der Waals surface area contributed by atoms with E-state index in [-0.39, 0.29) is 6.04 Å². The molecule has 1 atom stereocenters. The highest BCUT2D eigenvalue weighted by atomic mass is 16.5. The van der Waals surface area contributed by atoms with E-state index in [1.54, 1.807) is 0 Å². The number of hydrogen-bond acceptors (Lipinski definition) is 3. The van der Waals surface area contributed by atoms with Crippen molar-refractivity contribution in [1.29, 1.82) is 0 Å². The zero-order valence-corrected chi connectivity index (χ0v) is 12.5. The second-order valence-electron chi connectivity index (χ2n) is 5.44. The summed E-state index contributed by atoms with van der Waals surface area (Å²) < 4.78 is 11.4. The molecule has 0 aliphatic carbocycles. The first kappa shape index (κ1) is 13.3. The summed E-state index contributed by atoms with van der Waals surface area (Å²) in [7, 11) is 2.00. The summed E-state index contributed by atoms with van der Waals surface area (Å²) in [6.45, 7) is 6.99. The molecule has 0 spiro atoms. The minimum Gasteiger partial charge on any atom is -0.493 e. The Labute approximate surface area is 119 Å². The largest absolute Gasteiger partial charge is 0.493 e. The molecule has 1 aromatic carbocycles. The molecule has 3 heteroatoms. The summed E-state index contributed by atoms with van der Waals surface area (Å²) in [5, 5.41) is 3.42. The molecule has 1 aromatic heterocycles. The molecule has 0 fully saturated rings. The molecule has 1 aliphatic rings. The topological polar surface area (TPSA) is 34.4 Å². The third-order valence-corrected chi connectivity index (χ3v) is 4.24. The number of rotatable bonds is 3. The van der Waals surface area contributed by atoms with Gasteiger partial charge in [0.1, 0.15) is 17.3 Å². The van der Waals surface area contributed by atoms with E-state index >= 15 is 0 Å². The Balaban J connectivity index is 2.06. The van der Waals surface area contributed by atoms with E-state index in [1.165, 1.54) is 22.3 Å². The van der Waals surface area contributed by atoms with E-state index < -0.39 is 0 Å². The van der Waals surface area contributed by atoms with Gasteiger partial charge < -0.3 is 14.5 Å². The predicted molar refractivity (Wildman–Crippen MR) is 79.5 cm³/mol. The van der Waals surface area contributed by atoms with Crippen LogP contribution in [0.25, 0.3) is 0 Å². The first-order valence-corrected chi connectivity index (χ1v) is 7.11. The van der Waals surface area contributed by atoms with Crippen LogP contribution in [0.15, 0.2) is 22.6 Å². The molecule has 0 saturated heterocycles. The van der Waals surface area contributed by atoms with Gasteiger partial charge in [0, 0.05) is 12.0 Å². The molecule has 106 valence electrons. The number of aryl methyl sites for hydroxylation is 2. The standard InChI is InChI=1S/C17H21NO2/c1-10-11(2)20-12(3)16(10)17(18-4)14-5-6-15-13(9-14)7-8-19-15/h5-6,9,17-18H,7-8H2,1-4H3. The van der Waals surface area contributed by atoms with Crippen molar-refractivity contribution in [2.75, 3.05) is 13.7 Å². The summed E-state index contributed by atoms with van der Waals surface area (Å²) in [6.07, 6.45) is 1.00. The number of ether oxygens (including phenoxy) is 1. The molecule has 1 unspecified atom stereocenters. The average molecular weight is 271 g/mol. The normalized spacial score (nSPS) is 15.0. The summed E-state index contributed by atoms with van der Waals surface area (Å²) in [5.74, 6) is 3.03. The highest BCUT2D eigenvalue weighted by Crippen LogP contribution is 2.34. The van der Waals surface area contributed by atoms with Crippen molar-refractivity contribution >= 4 is 0 Å². The lowest BCUT2D eigenvalue weighted by Gasteiger charge is -2.18. The molecular weight excluding hydrogens is 250 g/mol. The molecule has 0 bridgehead atoms. The third kappa shape index (κ3) is 2.02. The van der Waals surface area contributed by atoms with Crippen LogP contribution in [0.1, 0.15) is 39.8 Å². The van der Waals surface area contributed by atoms with Gasteiger partial charge in [0.05, 0.1) is 12.6 Å². The maximum Gasteiger partial charge on any atom is 0.122 e. The minimum atomic E-state index is 0.165. The highest BCUT2D eigenvalue weighted by Gasteiger charge is 2.23. The van der Waals surface area contributed by atoms with Crippen molar-refractivity contribution in [3.63, 3.8) is 0 Å². The van der Waals surface area contributed by atoms with Crippen LogP contribution in [0.4, 0.5) is 0 Å². The van der Waals surface area contributed by atoms with Crippen LogP contribution in [-0.4, -0.2) is 13.7 Å². The fraction of sp³-hybridized carbons (Fsp3) is 0.412. The fourth-order valence-electron chi connectivity index (χ4n) is 3.10. The number of furan rings is 1. The van der Waals surface area contributed by atoms with Crippen molar-refractivity contribution in [3.8, 4) is 5.75 Å². The van der Waals surface area contributed by atoms with E-state index in [9.17, 15) is 0 Å². The van der Waals surface area contributed by atoms with Gasteiger partial charge >= 0.3 is 0 Å². The Kier molecular flexibility index (Phi) is 3.30. The lowest BCUT2D eigenvalue weighted by Crippen LogP contribution is -2.19. The first-order chi connectivity index (χ1) is 9.61. The van der Waals surface area contributed by atoms with Crippen molar-refractivity contribution in [2.45, 2.75) is 33.2 Å². The second kappa shape index (κ2) is 4.98. The fourth-order valence-corrected chi connectivity index (χ4v) is 3.10. The van der Waals surface area contributed by atoms with Crippen LogP contribution in [0.2, 0.25) is 0 Å². The van der Waals surface area contributed by atoms with Crippen LogP contribution in [-0.2, 0) is 6.42 Å². The molecular formula is C17H21NO2. The smallest absolute Gasteiger partial charge is 0.122 e. The summed E-state index contributed by atoms with van der Waals surface area (Å²) in [5.41, 5.74) is 5.06. The van der Waals surface area contributed by atoms with Crippen LogP contribution in [0, 0.1) is 20.8 Å². The van der Waals surface area contributed by atoms with Crippen LogP contribution in [0.3, 0.4) is 0 Å². The Hall–Kier alpha value is -1.74. The van der Waals surface area contributed by atoms with Gasteiger partial charge in [-0.15, -0.1) is 0 Å². The zero-order valence-electron chi connectivity index (χ0n) is 12.5. The number of hydrogen-bond donors (Lipinski definition) is 1. The molecule has 2 heterocycles. The van der Waals surface area contributed by atoms with Gasteiger partial charge in [-0.05, 0) is 50.6 Å². The van der Waals surface area contributed by atoms with Crippen molar-refractivity contribution < 1.29 is 9.15 Å². The quantitative estimate of drug-likeness (QED) is 0.928. The van der Waals surface area contributed by atoms with Gasteiger partial charge in [-0.25, -0.2) is 0 Å². The molecule has 1 aliphatic heterocycles. The van der Waals surface area contributed by atoms with E-state index in [4.69, 9.17) is 9.15 Å². The first-order valence-electron chi connectivity index (χ1n) is 7.11. The van der Waals surface area contributed by atoms with Crippen LogP contribution in [0.5, 0.6) is 5.75 Å². The summed E-state index contributed by atoms with van der Waals surface area (Å²) in [6, 6.07) is 6.65. The van der Waals surface area contributed by atoms with Gasteiger partial charge in [-0.2, -0.15) is 0 Å². The van der Waals surface area contributed by atoms with Crippen molar-refractivity contribution in [3.05, 3.63) is 52.0 Å². The molecule has 3 nitrogen and oxygen atoms in total. The summed E-state index contributed by atoms with van der Waals surface area (Å²) >= 11 is 0. The highest BCUT2D eigenvalue weighted by molar-refractivity contribution is 5.46. The van der Waals surface area contributed by atoms with Crippen LogP contribution < -0.4 is 10.1 Å². The molecule has 0 amide bonds. The Morgan fingerprint density at radius 3 is 2.60 bits per heavy atom. The Morgan fingerprint density at radius 1 is 1.15 bits per heavy atom. The Bertz CT molecular complexity index is 643. The predicted octanol–water partition coefficient (Wildman–Crippen LogP) is 3.45. The lowest BCUT2D eigenvalue weighted by molar-refractivity contribution is 0.357. The third-order valence-electron chi connectivity index (χ3n) is 4.24. The lowest BCUT2D eigenvalue weighted by atomic mass is 9.94. The molecule has 0 saturated carbocycles. The van der Waals surface area contributed by atoms with Crippen molar-refractivity contribution in [2.24, 2.45) is 0 Å². The van der Waals surface area contributed by atoms with Gasteiger partial charge in [-0.1, -0.05) is 12.1 Å². The number of nitrogens with one attached hydrogen (secondary N) is 1. The van der Waals surface area contributed by atoms with Gasteiger partial charge in [0.2, 0.25) is 0 Å². The van der Waals surface area contributed by atoms with E-state index in [0.29, 0.717) is 0 Å². The van der Waals surface area contributed by atoms with E-state index in [1.807, 2.05) is 20.9 Å². The molecule has 2 aromatic rings. The molecule has 3 rings (SSSR count). The van der Waals surface area contributed by atoms with Gasteiger partial charge in [0.25, 0.3) is 0 Å². The maximum atomic E-state index is 5.78. The second-order valence-corrected chi connectivity index (χ2v) is 5.44. The summed E-state index contributed by atoms with van der Waals surface area (Å²) in [4.78, 5) is 0.